The zero-order valence-corrected chi connectivity index (χ0v) is 13.3. The Morgan fingerprint density at radius 1 is 1.13 bits per heavy atom. The molecular formula is C19H19NO3. The third kappa shape index (κ3) is 3.26. The summed E-state index contributed by atoms with van der Waals surface area (Å²) in [5, 5.41) is 0.550. The molecular weight excluding hydrogens is 290 g/mol. The van der Waals surface area contributed by atoms with Crippen LogP contribution in [-0.4, -0.2) is 4.98 Å². The average Bonchev–Trinajstić information content (AvgIpc) is 2.59. The Morgan fingerprint density at radius 3 is 2.65 bits per heavy atom. The van der Waals surface area contributed by atoms with E-state index in [1.165, 1.54) is 0 Å². The first-order chi connectivity index (χ1) is 11.2. The average molecular weight is 309 g/mol. The Hall–Kier alpha value is -2.62. The normalized spacial score (nSPS) is 12.3. The summed E-state index contributed by atoms with van der Waals surface area (Å²) in [7, 11) is 0. The second kappa shape index (κ2) is 6.65. The van der Waals surface area contributed by atoms with Gasteiger partial charge in [0, 0.05) is 0 Å². The van der Waals surface area contributed by atoms with Crippen LogP contribution < -0.4 is 10.4 Å². The number of rotatable bonds is 5. The van der Waals surface area contributed by atoms with Crippen LogP contribution in [0.2, 0.25) is 0 Å². The van der Waals surface area contributed by atoms with Crippen molar-refractivity contribution < 1.29 is 9.15 Å². The van der Waals surface area contributed by atoms with Gasteiger partial charge in [-0.05, 0) is 29.5 Å². The van der Waals surface area contributed by atoms with Crippen LogP contribution in [0.4, 0.5) is 0 Å². The molecule has 3 rings (SSSR count). The second-order valence-corrected chi connectivity index (χ2v) is 5.59. The minimum Gasteiger partial charge on any atom is -0.445 e. The summed E-state index contributed by atoms with van der Waals surface area (Å²) < 4.78 is 10.8. The van der Waals surface area contributed by atoms with Gasteiger partial charge >= 0.3 is 11.7 Å². The van der Waals surface area contributed by atoms with Crippen LogP contribution in [0.3, 0.4) is 0 Å². The van der Waals surface area contributed by atoms with Gasteiger partial charge in [-0.15, -0.1) is 0 Å². The highest BCUT2D eigenvalue weighted by Crippen LogP contribution is 2.25. The summed E-state index contributed by atoms with van der Waals surface area (Å²) in [4.78, 5) is 16.7. The van der Waals surface area contributed by atoms with E-state index in [-0.39, 0.29) is 12.0 Å². The van der Waals surface area contributed by atoms with Crippen molar-refractivity contribution in [2.75, 3.05) is 0 Å². The SMILES string of the molecule is CCC(C)c1cccc2nc(OCc3ccccc3)oc(=O)c12. The van der Waals surface area contributed by atoms with Crippen LogP contribution in [0.1, 0.15) is 37.3 Å². The smallest absolute Gasteiger partial charge is 0.397 e. The van der Waals surface area contributed by atoms with Gasteiger partial charge in [0.1, 0.15) is 6.61 Å². The van der Waals surface area contributed by atoms with Crippen LogP contribution in [0.25, 0.3) is 10.9 Å². The Kier molecular flexibility index (Phi) is 4.42. The second-order valence-electron chi connectivity index (χ2n) is 5.59. The summed E-state index contributed by atoms with van der Waals surface area (Å²) in [6, 6.07) is 15.4. The van der Waals surface area contributed by atoms with Crippen molar-refractivity contribution in [2.45, 2.75) is 32.8 Å². The largest absolute Gasteiger partial charge is 0.445 e. The molecule has 0 aliphatic heterocycles. The number of hydrogen-bond acceptors (Lipinski definition) is 4. The molecule has 118 valence electrons. The molecule has 4 heteroatoms. The molecule has 1 heterocycles. The van der Waals surface area contributed by atoms with Gasteiger partial charge in [0.05, 0.1) is 10.9 Å². The molecule has 0 saturated heterocycles. The van der Waals surface area contributed by atoms with E-state index in [1.54, 1.807) is 0 Å². The standard InChI is InChI=1S/C19H19NO3/c1-3-13(2)15-10-7-11-16-17(15)18(21)23-19(20-16)22-12-14-8-5-4-6-9-14/h4-11,13H,3,12H2,1-2H3. The molecule has 0 aliphatic carbocycles. The Balaban J connectivity index is 1.94. The number of benzene rings is 2. The van der Waals surface area contributed by atoms with Crippen molar-refractivity contribution in [1.82, 2.24) is 4.98 Å². The van der Waals surface area contributed by atoms with Crippen LogP contribution in [-0.2, 0) is 6.61 Å². The quantitative estimate of drug-likeness (QED) is 0.706. The molecule has 0 bridgehead atoms. The maximum Gasteiger partial charge on any atom is 0.397 e. The van der Waals surface area contributed by atoms with Gasteiger partial charge in [0.25, 0.3) is 0 Å². The summed E-state index contributed by atoms with van der Waals surface area (Å²) in [5.74, 6) is 0.277. The molecule has 0 spiro atoms. The molecule has 3 aromatic rings. The zero-order chi connectivity index (χ0) is 16.2. The lowest BCUT2D eigenvalue weighted by atomic mass is 9.95. The molecule has 0 amide bonds. The highest BCUT2D eigenvalue weighted by Gasteiger charge is 2.14. The Morgan fingerprint density at radius 2 is 1.91 bits per heavy atom. The molecule has 0 aliphatic rings. The fraction of sp³-hybridized carbons (Fsp3) is 0.263. The number of fused-ring (bicyclic) bond motifs is 1. The monoisotopic (exact) mass is 309 g/mol. The van der Waals surface area contributed by atoms with E-state index in [1.807, 2.05) is 48.5 Å². The van der Waals surface area contributed by atoms with Gasteiger partial charge in [0.15, 0.2) is 0 Å². The van der Waals surface area contributed by atoms with Crippen molar-refractivity contribution >= 4 is 10.9 Å². The summed E-state index contributed by atoms with van der Waals surface area (Å²) in [6.45, 7) is 4.50. The van der Waals surface area contributed by atoms with Crippen molar-refractivity contribution in [2.24, 2.45) is 0 Å². The topological polar surface area (TPSA) is 52.3 Å². The lowest BCUT2D eigenvalue weighted by Crippen LogP contribution is -2.08. The molecule has 1 aromatic heterocycles. The van der Waals surface area contributed by atoms with Gasteiger partial charge in [-0.25, -0.2) is 4.79 Å². The van der Waals surface area contributed by atoms with E-state index in [9.17, 15) is 4.79 Å². The highest BCUT2D eigenvalue weighted by atomic mass is 16.6. The van der Waals surface area contributed by atoms with E-state index >= 15 is 0 Å². The highest BCUT2D eigenvalue weighted by molar-refractivity contribution is 5.81. The Labute approximate surface area is 134 Å². The van der Waals surface area contributed by atoms with Crippen LogP contribution in [0, 0.1) is 0 Å². The minimum absolute atomic E-state index is 0.00709. The molecule has 0 radical (unpaired) electrons. The molecule has 1 atom stereocenters. The van der Waals surface area contributed by atoms with Crippen LogP contribution in [0.15, 0.2) is 57.7 Å². The van der Waals surface area contributed by atoms with Crippen molar-refractivity contribution in [3.8, 4) is 6.08 Å². The third-order valence-corrected chi connectivity index (χ3v) is 4.02. The van der Waals surface area contributed by atoms with Crippen molar-refractivity contribution in [1.29, 1.82) is 0 Å². The Bertz CT molecular complexity index is 855. The first kappa shape index (κ1) is 15.3. The first-order valence-corrected chi connectivity index (χ1v) is 7.79. The van der Waals surface area contributed by atoms with Gasteiger partial charge in [0.2, 0.25) is 0 Å². The predicted molar refractivity (Wildman–Crippen MR) is 89.8 cm³/mol. The fourth-order valence-corrected chi connectivity index (χ4v) is 2.54. The van der Waals surface area contributed by atoms with Crippen LogP contribution >= 0.6 is 0 Å². The van der Waals surface area contributed by atoms with E-state index in [0.29, 0.717) is 17.5 Å². The number of ether oxygens (including phenoxy) is 1. The molecule has 2 aromatic carbocycles. The van der Waals surface area contributed by atoms with Gasteiger partial charge < -0.3 is 9.15 Å². The summed E-state index contributed by atoms with van der Waals surface area (Å²) in [5.41, 5.74) is 2.18. The summed E-state index contributed by atoms with van der Waals surface area (Å²) >= 11 is 0. The van der Waals surface area contributed by atoms with Crippen molar-refractivity contribution in [3.63, 3.8) is 0 Å². The number of hydrogen-bond donors (Lipinski definition) is 0. The number of nitrogens with zero attached hydrogens (tertiary/aromatic N) is 1. The fourth-order valence-electron chi connectivity index (χ4n) is 2.54. The van der Waals surface area contributed by atoms with E-state index in [4.69, 9.17) is 9.15 Å². The number of aromatic nitrogens is 1. The lowest BCUT2D eigenvalue weighted by molar-refractivity contribution is 0.207. The zero-order valence-electron chi connectivity index (χ0n) is 13.3. The third-order valence-electron chi connectivity index (χ3n) is 4.02. The van der Waals surface area contributed by atoms with Gasteiger partial charge in [-0.2, -0.15) is 4.98 Å². The minimum atomic E-state index is -0.394. The molecule has 1 unspecified atom stereocenters. The van der Waals surface area contributed by atoms with Gasteiger partial charge in [-0.1, -0.05) is 56.3 Å². The molecule has 0 N–H and O–H groups in total. The molecule has 23 heavy (non-hydrogen) atoms. The van der Waals surface area contributed by atoms with Crippen LogP contribution in [0.5, 0.6) is 6.08 Å². The molecule has 0 saturated carbocycles. The lowest BCUT2D eigenvalue weighted by Gasteiger charge is -2.11. The summed E-state index contributed by atoms with van der Waals surface area (Å²) in [6.07, 6.45) is 0.956. The van der Waals surface area contributed by atoms with Crippen molar-refractivity contribution in [3.05, 3.63) is 70.1 Å². The molecule has 4 nitrogen and oxygen atoms in total. The van der Waals surface area contributed by atoms with E-state index < -0.39 is 5.63 Å². The maximum atomic E-state index is 12.4. The van der Waals surface area contributed by atoms with E-state index in [0.717, 1.165) is 17.5 Å². The van der Waals surface area contributed by atoms with E-state index in [2.05, 4.69) is 18.8 Å². The van der Waals surface area contributed by atoms with Gasteiger partial charge in [-0.3, -0.25) is 0 Å². The predicted octanol–water partition coefficient (Wildman–Crippen LogP) is 4.28. The maximum absolute atomic E-state index is 12.4. The first-order valence-electron chi connectivity index (χ1n) is 7.79. The molecule has 0 fully saturated rings.